The van der Waals surface area contributed by atoms with Crippen molar-refractivity contribution in [1.29, 1.82) is 0 Å². The first kappa shape index (κ1) is 15.1. The minimum atomic E-state index is -4.12. The van der Waals surface area contributed by atoms with Gasteiger partial charge in [-0.15, -0.1) is 0 Å². The van der Waals surface area contributed by atoms with E-state index < -0.39 is 12.1 Å². The molecule has 0 bridgehead atoms. The lowest BCUT2D eigenvalue weighted by Gasteiger charge is -2.35. The number of halogens is 4. The van der Waals surface area contributed by atoms with Crippen LogP contribution in [0.25, 0.3) is 0 Å². The van der Waals surface area contributed by atoms with Crippen molar-refractivity contribution in [3.05, 3.63) is 29.6 Å². The average molecular weight is 290 g/mol. The molecule has 0 saturated carbocycles. The molecule has 20 heavy (non-hydrogen) atoms. The van der Waals surface area contributed by atoms with Crippen LogP contribution in [-0.2, 0) is 6.42 Å². The van der Waals surface area contributed by atoms with Crippen molar-refractivity contribution >= 4 is 5.69 Å². The van der Waals surface area contributed by atoms with E-state index in [0.717, 1.165) is 11.3 Å². The van der Waals surface area contributed by atoms with Gasteiger partial charge in [0, 0.05) is 18.8 Å². The zero-order valence-corrected chi connectivity index (χ0v) is 11.1. The Morgan fingerprint density at radius 2 is 1.85 bits per heavy atom. The molecule has 1 aromatic rings. The molecule has 0 unspecified atom stereocenters. The summed E-state index contributed by atoms with van der Waals surface area (Å²) < 4.78 is 51.2. The van der Waals surface area contributed by atoms with Crippen LogP contribution in [0.5, 0.6) is 0 Å². The maximum Gasteiger partial charge on any atom is 0.391 e. The summed E-state index contributed by atoms with van der Waals surface area (Å²) >= 11 is 0. The predicted molar refractivity (Wildman–Crippen MR) is 70.2 cm³/mol. The van der Waals surface area contributed by atoms with Crippen LogP contribution in [0.3, 0.4) is 0 Å². The molecule has 1 aliphatic rings. The second-order valence-electron chi connectivity index (χ2n) is 5.11. The third-order valence-corrected chi connectivity index (χ3v) is 3.75. The molecule has 1 heterocycles. The lowest BCUT2D eigenvalue weighted by atomic mass is 9.95. The van der Waals surface area contributed by atoms with Crippen LogP contribution >= 0.6 is 0 Å². The van der Waals surface area contributed by atoms with Gasteiger partial charge < -0.3 is 10.6 Å². The number of anilines is 1. The second-order valence-corrected chi connectivity index (χ2v) is 5.11. The van der Waals surface area contributed by atoms with Gasteiger partial charge in [0.05, 0.1) is 5.92 Å². The number of hydrogen-bond donors (Lipinski definition) is 1. The number of hydrogen-bond acceptors (Lipinski definition) is 2. The minimum absolute atomic E-state index is 0.0863. The molecule has 0 atom stereocenters. The van der Waals surface area contributed by atoms with E-state index in [1.54, 1.807) is 6.07 Å². The van der Waals surface area contributed by atoms with Gasteiger partial charge in [-0.3, -0.25) is 0 Å². The highest BCUT2D eigenvalue weighted by Crippen LogP contribution is 2.36. The zero-order chi connectivity index (χ0) is 14.8. The Morgan fingerprint density at radius 1 is 1.20 bits per heavy atom. The smallest absolute Gasteiger partial charge is 0.371 e. The molecular weight excluding hydrogens is 272 g/mol. The highest BCUT2D eigenvalue weighted by Gasteiger charge is 2.41. The molecular formula is C14H18F4N2. The van der Waals surface area contributed by atoms with Gasteiger partial charge in [0.1, 0.15) is 5.82 Å². The molecule has 6 heteroatoms. The number of nitrogens with zero attached hydrogens (tertiary/aromatic N) is 1. The molecule has 0 aliphatic carbocycles. The molecule has 2 N–H and O–H groups in total. The average Bonchev–Trinajstić information content (AvgIpc) is 2.38. The van der Waals surface area contributed by atoms with Gasteiger partial charge in [0.15, 0.2) is 0 Å². The van der Waals surface area contributed by atoms with Crippen LogP contribution in [-0.4, -0.2) is 25.8 Å². The fraction of sp³-hybridized carbons (Fsp3) is 0.571. The molecule has 2 rings (SSSR count). The highest BCUT2D eigenvalue weighted by molar-refractivity contribution is 5.54. The summed E-state index contributed by atoms with van der Waals surface area (Å²) in [5.41, 5.74) is 7.06. The third kappa shape index (κ3) is 3.42. The van der Waals surface area contributed by atoms with Crippen molar-refractivity contribution < 1.29 is 17.6 Å². The fourth-order valence-corrected chi connectivity index (χ4v) is 2.67. The van der Waals surface area contributed by atoms with Crippen molar-refractivity contribution in [2.75, 3.05) is 24.5 Å². The lowest BCUT2D eigenvalue weighted by molar-refractivity contribution is -0.179. The van der Waals surface area contributed by atoms with Crippen molar-refractivity contribution in [3.63, 3.8) is 0 Å². The van der Waals surface area contributed by atoms with E-state index >= 15 is 0 Å². The first-order chi connectivity index (χ1) is 9.41. The predicted octanol–water partition coefficient (Wildman–Crippen LogP) is 3.11. The van der Waals surface area contributed by atoms with E-state index in [4.69, 9.17) is 5.73 Å². The lowest BCUT2D eigenvalue weighted by Crippen LogP contribution is -2.39. The molecule has 0 amide bonds. The Bertz CT molecular complexity index is 451. The van der Waals surface area contributed by atoms with Crippen LogP contribution in [0, 0.1) is 11.7 Å². The quantitative estimate of drug-likeness (QED) is 0.867. The number of nitrogens with two attached hydrogens (primary N) is 1. The fourth-order valence-electron chi connectivity index (χ4n) is 2.67. The molecule has 1 aromatic carbocycles. The molecule has 112 valence electrons. The van der Waals surface area contributed by atoms with E-state index in [1.165, 1.54) is 12.1 Å². The monoisotopic (exact) mass is 290 g/mol. The summed E-state index contributed by atoms with van der Waals surface area (Å²) in [7, 11) is 0. The number of rotatable bonds is 3. The molecule has 2 nitrogen and oxygen atoms in total. The Morgan fingerprint density at radius 3 is 2.40 bits per heavy atom. The van der Waals surface area contributed by atoms with Crippen LogP contribution < -0.4 is 10.6 Å². The summed E-state index contributed by atoms with van der Waals surface area (Å²) in [6, 6.07) is 4.39. The summed E-state index contributed by atoms with van der Waals surface area (Å²) in [5.74, 6) is -1.57. The molecule has 0 spiro atoms. The van der Waals surface area contributed by atoms with Crippen molar-refractivity contribution in [3.8, 4) is 0 Å². The summed E-state index contributed by atoms with van der Waals surface area (Å²) in [6.07, 6.45) is -3.42. The minimum Gasteiger partial charge on any atom is -0.371 e. The topological polar surface area (TPSA) is 29.3 Å². The first-order valence-corrected chi connectivity index (χ1v) is 6.72. The van der Waals surface area contributed by atoms with E-state index in [-0.39, 0.29) is 18.7 Å². The summed E-state index contributed by atoms with van der Waals surface area (Å²) in [6.45, 7) is 1.07. The van der Waals surface area contributed by atoms with Gasteiger partial charge in [0.2, 0.25) is 0 Å². The van der Waals surface area contributed by atoms with Crippen LogP contribution in [0.2, 0.25) is 0 Å². The number of benzene rings is 1. The van der Waals surface area contributed by atoms with Crippen LogP contribution in [0.15, 0.2) is 18.2 Å². The molecule has 1 fully saturated rings. The molecule has 0 aromatic heterocycles. The van der Waals surface area contributed by atoms with Gasteiger partial charge >= 0.3 is 6.18 Å². The van der Waals surface area contributed by atoms with Gasteiger partial charge in [-0.1, -0.05) is 0 Å². The van der Waals surface area contributed by atoms with Crippen LogP contribution in [0.4, 0.5) is 23.2 Å². The molecule has 1 aliphatic heterocycles. The molecule has 1 saturated heterocycles. The van der Waals surface area contributed by atoms with Crippen LogP contribution in [0.1, 0.15) is 18.4 Å². The number of piperidine rings is 1. The van der Waals surface area contributed by atoms with E-state index in [2.05, 4.69) is 0 Å². The maximum absolute atomic E-state index is 13.2. The first-order valence-electron chi connectivity index (χ1n) is 6.72. The standard InChI is InChI=1S/C14H18F4N2/c15-12-1-2-13(10(9-12)3-6-19)20-7-4-11(5-8-20)14(16,17)18/h1-2,9,11H,3-8,19H2. The zero-order valence-electron chi connectivity index (χ0n) is 11.1. The van der Waals surface area contributed by atoms with Crippen molar-refractivity contribution in [2.45, 2.75) is 25.4 Å². The van der Waals surface area contributed by atoms with E-state index in [0.29, 0.717) is 26.1 Å². The van der Waals surface area contributed by atoms with Crippen molar-refractivity contribution in [2.24, 2.45) is 11.7 Å². The summed E-state index contributed by atoms with van der Waals surface area (Å²) in [5, 5.41) is 0. The van der Waals surface area contributed by atoms with Crippen molar-refractivity contribution in [1.82, 2.24) is 0 Å². The Labute approximate surface area is 115 Å². The SMILES string of the molecule is NCCc1cc(F)ccc1N1CCC(C(F)(F)F)CC1. The van der Waals surface area contributed by atoms with Gasteiger partial charge in [-0.25, -0.2) is 4.39 Å². The van der Waals surface area contributed by atoms with Gasteiger partial charge in [-0.2, -0.15) is 13.2 Å². The van der Waals surface area contributed by atoms with E-state index in [9.17, 15) is 17.6 Å². The largest absolute Gasteiger partial charge is 0.391 e. The maximum atomic E-state index is 13.2. The number of alkyl halides is 3. The molecule has 0 radical (unpaired) electrons. The Kier molecular flexibility index (Phi) is 4.52. The normalized spacial score (nSPS) is 17.6. The van der Waals surface area contributed by atoms with Gasteiger partial charge in [-0.05, 0) is 49.6 Å². The van der Waals surface area contributed by atoms with Gasteiger partial charge in [0.25, 0.3) is 0 Å². The summed E-state index contributed by atoms with van der Waals surface area (Å²) in [4.78, 5) is 1.90. The Hall–Kier alpha value is -1.30. The third-order valence-electron chi connectivity index (χ3n) is 3.75. The highest BCUT2D eigenvalue weighted by atomic mass is 19.4. The second kappa shape index (κ2) is 5.99. The van der Waals surface area contributed by atoms with E-state index in [1.807, 2.05) is 4.90 Å². The Balaban J connectivity index is 2.10.